The Morgan fingerprint density at radius 2 is 0.748 bits per heavy atom. The lowest BCUT2D eigenvalue weighted by Gasteiger charge is -2.30. The summed E-state index contributed by atoms with van der Waals surface area (Å²) in [4.78, 5) is 120. The van der Waals surface area contributed by atoms with E-state index in [-0.39, 0.29) is 23.8 Å². The number of nitrogen functional groups attached to an aromatic ring is 5. The fraction of sp³-hybridized carbons (Fsp3) is 0.511. The predicted molar refractivity (Wildman–Crippen MR) is 519 cm³/mol. The van der Waals surface area contributed by atoms with E-state index >= 15 is 0 Å². The first-order valence-electron chi connectivity index (χ1n) is 47.9. The van der Waals surface area contributed by atoms with Crippen LogP contribution in [-0.4, -0.2) is 239 Å². The van der Waals surface area contributed by atoms with Gasteiger partial charge in [-0.05, 0) is 158 Å². The summed E-state index contributed by atoms with van der Waals surface area (Å²) in [5, 5.41) is 3.48. The largest absolute Gasteiger partial charge is 0.493 e. The van der Waals surface area contributed by atoms with Crippen LogP contribution in [0.3, 0.4) is 0 Å². The van der Waals surface area contributed by atoms with Gasteiger partial charge in [-0.2, -0.15) is 0 Å². The first kappa shape index (κ1) is 88.8. The number of fused-ring (bicyclic) bond motifs is 17. The fourth-order valence-electron chi connectivity index (χ4n) is 20.5. The van der Waals surface area contributed by atoms with Gasteiger partial charge >= 0.3 is 0 Å². The third-order valence-electron chi connectivity index (χ3n) is 28.4. The lowest BCUT2D eigenvalue weighted by atomic mass is 9.86. The summed E-state index contributed by atoms with van der Waals surface area (Å²) in [7, 11) is 3.65. The molecule has 0 radical (unpaired) electrons. The lowest BCUT2D eigenvalue weighted by molar-refractivity contribution is -0.0532. The normalized spacial score (nSPS) is 21.6. The molecule has 45 heteroatoms. The predicted octanol–water partition coefficient (Wildman–Crippen LogP) is 9.63. The number of hydrogen-bond donors (Lipinski definition) is 6. The zero-order valence-corrected chi connectivity index (χ0v) is 80.2. The molecule has 15 aromatic heterocycles. The van der Waals surface area contributed by atoms with Gasteiger partial charge in [0.2, 0.25) is 23.8 Å². The van der Waals surface area contributed by atoms with Gasteiger partial charge in [0.05, 0.1) is 62.4 Å². The number of methoxy groups -OCH3 is 1. The van der Waals surface area contributed by atoms with E-state index in [4.69, 9.17) is 132 Å². The third kappa shape index (κ3) is 16.2. The summed E-state index contributed by atoms with van der Waals surface area (Å²) >= 11 is 0. The van der Waals surface area contributed by atoms with Crippen molar-refractivity contribution in [2.24, 2.45) is 11.8 Å². The van der Waals surface area contributed by atoms with Crippen molar-refractivity contribution in [1.29, 1.82) is 0 Å². The molecule has 8 fully saturated rings. The molecule has 15 aromatic rings. The van der Waals surface area contributed by atoms with Crippen molar-refractivity contribution < 1.29 is 28.4 Å². The summed E-state index contributed by atoms with van der Waals surface area (Å²) in [5.74, 6) is 15.1. The highest BCUT2D eigenvalue weighted by Gasteiger charge is 2.50. The molecular formula is C94H113N39O6. The summed E-state index contributed by atoms with van der Waals surface area (Å²) < 4.78 is 45.9. The number of hydrogen-bond acceptors (Lipinski definition) is 40. The Balaban J connectivity index is 0.0000000972. The van der Waals surface area contributed by atoms with Gasteiger partial charge in [0.1, 0.15) is 57.1 Å². The number of ether oxygens (including phenoxy) is 6. The van der Waals surface area contributed by atoms with E-state index in [0.29, 0.717) is 110 Å². The van der Waals surface area contributed by atoms with E-state index in [1.54, 1.807) is 62.9 Å². The van der Waals surface area contributed by atoms with E-state index in [2.05, 4.69) is 134 Å². The standard InChI is InChI=1S/C21H25N7O2.C19H22N8O.C19H24N8O.C18H22N8O.C17H20N8O/c1-21(2)20-24-15-18(27(20)4-5-30-21)25-17(12-8-14(29-3)16(22)23-9-12)26-19(15)28-10-11-6-13(28)7-11;1-19(2)17-23-13-15(26-4-3-10-7-12(10)26)24-14(11-8-21-18(20)22-9-11)25-16(13)27(17)5-6-28-19;1-11-5-4-6-26(11)15-13-16(27-7-8-28-19(2,3)17(27)23-13)25-14(24-15)12-9-21-18(20)22-10-12;1-18(2)16-22-12-14(25(3)11-4-5-11)23-13(10-8-20-17(19)21-9-10)24-15(12)26(16)6-7-27-18;1-17(2)15-22-11-13(21-10-3-4-10)23-12(9-7-19-16(18)20-8-9)24-14(11)25(15)5-6-26-17/h8-9,11,13H,4-7,10H2,1-3H3,(H2,22,23);8-10,12H,3-7H2,1-2H3,(H2,20,21,22);9-11H,4-8H2,1-3H3,(H2,20,21,22);8-9,11H,4-7H2,1-3H3,(H2,19,20,21);7-8,10H,3-6H2,1-2H3,(H2,18,19,20)(H,21,23,24)/t;;11-;;/m..1../s1. The lowest BCUT2D eigenvalue weighted by Crippen LogP contribution is -2.33. The molecule has 28 rings (SSSR count). The minimum atomic E-state index is -0.463. The van der Waals surface area contributed by atoms with Gasteiger partial charge in [-0.25, -0.2) is 120 Å². The van der Waals surface area contributed by atoms with Gasteiger partial charge in [-0.3, -0.25) is 0 Å². The van der Waals surface area contributed by atoms with Gasteiger partial charge in [0.25, 0.3) is 0 Å². The number of piperidine rings is 1. The van der Waals surface area contributed by atoms with E-state index < -0.39 is 28.0 Å². The van der Waals surface area contributed by atoms with Crippen molar-refractivity contribution in [1.82, 2.24) is 142 Å². The number of rotatable bonds is 13. The van der Waals surface area contributed by atoms with Crippen LogP contribution in [0, 0.1) is 11.8 Å². The van der Waals surface area contributed by atoms with Gasteiger partial charge < -0.3 is 105 Å². The quantitative estimate of drug-likeness (QED) is 0.0625. The Hall–Kier alpha value is -14.2. The molecule has 720 valence electrons. The molecule has 0 aromatic carbocycles. The Morgan fingerprint density at radius 1 is 0.381 bits per heavy atom. The van der Waals surface area contributed by atoms with E-state index in [1.807, 2.05) is 47.6 Å². The zero-order valence-electron chi connectivity index (χ0n) is 80.2. The Labute approximate surface area is 798 Å². The summed E-state index contributed by atoms with van der Waals surface area (Å²) in [6.07, 6.45) is 26.9. The van der Waals surface area contributed by atoms with Crippen molar-refractivity contribution >= 4 is 115 Å². The molecule has 24 heterocycles. The third-order valence-corrected chi connectivity index (χ3v) is 28.4. The molecule has 11 N–H and O–H groups in total. The number of pyridine rings is 1. The van der Waals surface area contributed by atoms with Crippen LogP contribution in [-0.2, 0) is 84.4 Å². The second kappa shape index (κ2) is 33.6. The topological polar surface area (TPSA) is 544 Å². The first-order chi connectivity index (χ1) is 66.8. The van der Waals surface area contributed by atoms with Crippen LogP contribution in [0.1, 0.15) is 169 Å². The fourth-order valence-corrected chi connectivity index (χ4v) is 20.5. The minimum Gasteiger partial charge on any atom is -0.493 e. The van der Waals surface area contributed by atoms with Crippen molar-refractivity contribution in [3.05, 3.63) is 91.0 Å². The monoisotopic (exact) mass is 1880 g/mol. The SMILES string of the molecule is CC1(C)OCCn2c1nc1c(N3CCC4CC43)nc(-c3cnc(N)nc3)nc12.CC1(C)OCCn2c1nc1c(NC3CC3)nc(-c3cnc(N)nc3)nc12.CN(c1nc(-c2cnc(N)nc2)nc2c1nc1n2CCOC1(C)C)C1CC1.COc1cc(-c2nc(N3CC4CC3C4)c3nc4n(c3n2)CCOC4(C)C)cnc1N.C[C@@H]1CCCN1c1nc(-c2cnc(N)nc2)nc2c1nc1n2CCOC1(C)C. The van der Waals surface area contributed by atoms with Crippen LogP contribution in [0.4, 0.5) is 58.7 Å². The number of nitrogens with zero attached hydrogens (tertiary/aromatic N) is 33. The van der Waals surface area contributed by atoms with Crippen molar-refractivity contribution in [2.75, 3.05) is 120 Å². The number of nitrogens with one attached hydrogen (secondary N) is 1. The molecular weight excluding hydrogens is 1770 g/mol. The second-order valence-corrected chi connectivity index (χ2v) is 40.2. The Kier molecular flexibility index (Phi) is 21.5. The summed E-state index contributed by atoms with van der Waals surface area (Å²) in [6, 6.07) is 4.34. The zero-order chi connectivity index (χ0) is 95.8. The smallest absolute Gasteiger partial charge is 0.219 e. The first-order valence-corrected chi connectivity index (χ1v) is 47.9. The van der Waals surface area contributed by atoms with E-state index in [1.165, 1.54) is 38.5 Å². The van der Waals surface area contributed by atoms with Gasteiger partial charge in [-0.15, -0.1) is 0 Å². The maximum absolute atomic E-state index is 5.99. The number of nitrogens with two attached hydrogens (primary N) is 5. The van der Waals surface area contributed by atoms with Crippen LogP contribution < -0.4 is 58.3 Å². The van der Waals surface area contributed by atoms with Crippen LogP contribution >= 0.6 is 0 Å². The Morgan fingerprint density at radius 3 is 1.12 bits per heavy atom. The van der Waals surface area contributed by atoms with Gasteiger partial charge in [-0.1, -0.05) is 0 Å². The summed E-state index contributed by atoms with van der Waals surface area (Å²) in [5.41, 5.74) is 38.2. The molecule has 4 saturated heterocycles. The average molecular weight is 1890 g/mol. The van der Waals surface area contributed by atoms with E-state index in [9.17, 15) is 0 Å². The Bertz CT molecular complexity index is 7150. The molecule has 13 aliphatic rings. The van der Waals surface area contributed by atoms with Gasteiger partial charge in [0, 0.05) is 151 Å². The molecule has 2 unspecified atom stereocenters. The van der Waals surface area contributed by atoms with Crippen LogP contribution in [0.2, 0.25) is 0 Å². The molecule has 9 aliphatic heterocycles. The second-order valence-electron chi connectivity index (χ2n) is 40.2. The number of anilines is 10. The number of imidazole rings is 5. The molecule has 0 amide bonds. The highest BCUT2D eigenvalue weighted by atomic mass is 16.5. The maximum atomic E-state index is 5.99. The van der Waals surface area contributed by atoms with Crippen LogP contribution in [0.5, 0.6) is 5.75 Å². The molecule has 0 spiro atoms. The summed E-state index contributed by atoms with van der Waals surface area (Å²) in [6.45, 7) is 32.4. The van der Waals surface area contributed by atoms with Crippen LogP contribution in [0.25, 0.3) is 113 Å². The molecule has 45 nitrogen and oxygen atoms in total. The van der Waals surface area contributed by atoms with Gasteiger partial charge in [0.15, 0.2) is 126 Å². The van der Waals surface area contributed by atoms with Crippen molar-refractivity contribution in [2.45, 2.75) is 231 Å². The molecule has 2 bridgehead atoms. The van der Waals surface area contributed by atoms with E-state index in [0.717, 1.165) is 225 Å². The van der Waals surface area contributed by atoms with Crippen molar-refractivity contribution in [3.63, 3.8) is 0 Å². The highest BCUT2D eigenvalue weighted by molar-refractivity contribution is 5.92. The highest BCUT2D eigenvalue weighted by Crippen LogP contribution is 2.51. The minimum absolute atomic E-state index is 0.229. The number of aromatic nitrogens is 29. The molecule has 4 aliphatic carbocycles. The average Bonchev–Trinajstić information content (AvgIpc) is 1.57. The van der Waals surface area contributed by atoms with Crippen LogP contribution in [0.15, 0.2) is 61.8 Å². The maximum Gasteiger partial charge on any atom is 0.219 e. The van der Waals surface area contributed by atoms with Crippen molar-refractivity contribution in [3.8, 4) is 62.7 Å². The molecule has 139 heavy (non-hydrogen) atoms. The molecule has 3 atom stereocenters. The molecule has 4 saturated carbocycles.